The monoisotopic (exact) mass is 892 g/mol. The molecule has 1 spiro atoms. The van der Waals surface area contributed by atoms with Crippen molar-refractivity contribution in [2.45, 2.75) is 5.41 Å². The maximum atomic E-state index is 6.68. The van der Waals surface area contributed by atoms with Crippen LogP contribution in [0.15, 0.2) is 227 Å². The van der Waals surface area contributed by atoms with Crippen LogP contribution in [0.3, 0.4) is 0 Å². The Morgan fingerprint density at radius 3 is 1.64 bits per heavy atom. The van der Waals surface area contributed by atoms with Gasteiger partial charge in [-0.15, -0.1) is 0 Å². The molecule has 14 aromatic rings. The van der Waals surface area contributed by atoms with E-state index >= 15 is 0 Å². The minimum atomic E-state index is -0.519. The minimum Gasteiger partial charge on any atom is -0.456 e. The molecule has 0 unspecified atom stereocenters. The summed E-state index contributed by atoms with van der Waals surface area (Å²) >= 11 is 0. The molecule has 0 aliphatic heterocycles. The van der Waals surface area contributed by atoms with Crippen LogP contribution >= 0.6 is 0 Å². The summed E-state index contributed by atoms with van der Waals surface area (Å²) in [4.78, 5) is 16.3. The first-order valence-corrected chi connectivity index (χ1v) is 23.8. The van der Waals surface area contributed by atoms with Crippen LogP contribution in [0.25, 0.3) is 128 Å². The van der Waals surface area contributed by atoms with Crippen molar-refractivity contribution in [1.29, 1.82) is 0 Å². The Hall–Kier alpha value is -9.39. The maximum Gasteiger partial charge on any atom is 0.238 e. The Bertz CT molecular complexity index is 4510. The highest BCUT2D eigenvalue weighted by Gasteiger charge is 2.52. The van der Waals surface area contributed by atoms with E-state index in [-0.39, 0.29) is 0 Å². The molecule has 0 saturated carbocycles. The molecule has 4 heterocycles. The molecule has 0 fully saturated rings. The lowest BCUT2D eigenvalue weighted by Gasteiger charge is -2.30. The lowest BCUT2D eigenvalue weighted by atomic mass is 9.70. The zero-order chi connectivity index (χ0) is 45.7. The van der Waals surface area contributed by atoms with Gasteiger partial charge in [-0.2, -0.15) is 9.97 Å². The highest BCUT2D eigenvalue weighted by atomic mass is 16.3. The third kappa shape index (κ3) is 4.93. The van der Waals surface area contributed by atoms with Gasteiger partial charge in [0, 0.05) is 49.0 Å². The average Bonchev–Trinajstić information content (AvgIpc) is 4.22. The summed E-state index contributed by atoms with van der Waals surface area (Å²) in [5.41, 5.74) is 18.7. The SMILES string of the molecule is c1ccc(-c2cccc3oc4cc(-c5nc(-c6ccc7c(c6)oc6ccccc67)nc(-n6c7ccccc7c7ccc8c(c76)-c6ccccc6C86c7ccccc7-c7ccccc76)n5)ccc4c23)cc1. The molecule has 0 radical (unpaired) electrons. The predicted octanol–water partition coefficient (Wildman–Crippen LogP) is 16.1. The van der Waals surface area contributed by atoms with Gasteiger partial charge in [-0.05, 0) is 92.5 Å². The largest absolute Gasteiger partial charge is 0.456 e. The number of aromatic nitrogens is 4. The molecule has 10 aromatic carbocycles. The molecule has 2 aliphatic rings. The van der Waals surface area contributed by atoms with E-state index in [1.165, 1.54) is 44.5 Å². The van der Waals surface area contributed by atoms with Crippen LogP contribution in [0.1, 0.15) is 22.3 Å². The molecule has 2 aliphatic carbocycles. The van der Waals surface area contributed by atoms with E-state index in [4.69, 9.17) is 23.8 Å². The van der Waals surface area contributed by atoms with Gasteiger partial charge in [-0.1, -0.05) is 176 Å². The van der Waals surface area contributed by atoms with Gasteiger partial charge in [0.25, 0.3) is 0 Å². The van der Waals surface area contributed by atoms with Gasteiger partial charge in [-0.25, -0.2) is 4.98 Å². The summed E-state index contributed by atoms with van der Waals surface area (Å²) in [6.45, 7) is 0. The first-order valence-electron chi connectivity index (χ1n) is 23.8. The van der Waals surface area contributed by atoms with Crippen LogP contribution in [0.2, 0.25) is 0 Å². The van der Waals surface area contributed by atoms with Crippen LogP contribution < -0.4 is 0 Å². The van der Waals surface area contributed by atoms with Gasteiger partial charge in [0.2, 0.25) is 5.95 Å². The molecular formula is C64H36N4O2. The van der Waals surface area contributed by atoms with Gasteiger partial charge in [0.15, 0.2) is 11.6 Å². The van der Waals surface area contributed by atoms with Crippen LogP contribution in [0.4, 0.5) is 0 Å². The normalized spacial score (nSPS) is 13.3. The van der Waals surface area contributed by atoms with Gasteiger partial charge in [-0.3, -0.25) is 4.57 Å². The third-order valence-electron chi connectivity index (χ3n) is 15.1. The minimum absolute atomic E-state index is 0.519. The summed E-state index contributed by atoms with van der Waals surface area (Å²) in [6.07, 6.45) is 0. The van der Waals surface area contributed by atoms with Crippen LogP contribution in [-0.4, -0.2) is 19.5 Å². The number of hydrogen-bond donors (Lipinski definition) is 0. The van der Waals surface area contributed by atoms with Crippen LogP contribution in [0, 0.1) is 0 Å². The standard InChI is InChI=1S/C64H36N4O2/c1-2-15-37(16-3-1)40-22-14-28-55-58(40)48-32-30-39(36-57(48)70-55)62-65-61(38-29-31-45-44-20-8-13-27-54(44)69-56(45)35-38)66-63(67-62)68-53-26-12-7-19-43(53)46-33-34-52-59(60(46)68)47-21-6-11-25-51(47)64(52)49-23-9-4-17-41(49)42-18-5-10-24-50(42)64/h1-36H. The molecule has 16 rings (SSSR count). The van der Waals surface area contributed by atoms with Crippen molar-refractivity contribution in [3.63, 3.8) is 0 Å². The number of nitrogens with zero attached hydrogens (tertiary/aromatic N) is 4. The molecule has 324 valence electrons. The van der Waals surface area contributed by atoms with Gasteiger partial charge in [0.1, 0.15) is 22.3 Å². The Kier molecular flexibility index (Phi) is 7.45. The molecule has 6 heteroatoms. The lowest BCUT2D eigenvalue weighted by molar-refractivity contribution is 0.668. The number of fused-ring (bicyclic) bond motifs is 20. The quantitative estimate of drug-likeness (QED) is 0.176. The van der Waals surface area contributed by atoms with Crippen LogP contribution in [0.5, 0.6) is 0 Å². The summed E-state index contributed by atoms with van der Waals surface area (Å²) in [6, 6.07) is 77.7. The van der Waals surface area contributed by atoms with Crippen molar-refractivity contribution < 1.29 is 8.83 Å². The molecule has 70 heavy (non-hydrogen) atoms. The zero-order valence-corrected chi connectivity index (χ0v) is 37.4. The number of rotatable bonds is 4. The fraction of sp³-hybridized carbons (Fsp3) is 0.0156. The first-order chi connectivity index (χ1) is 34.7. The zero-order valence-electron chi connectivity index (χ0n) is 37.4. The average molecular weight is 893 g/mol. The Balaban J connectivity index is 0.986. The van der Waals surface area contributed by atoms with Gasteiger partial charge >= 0.3 is 0 Å². The smallest absolute Gasteiger partial charge is 0.238 e. The highest BCUT2D eigenvalue weighted by molar-refractivity contribution is 6.17. The number of para-hydroxylation sites is 2. The van der Waals surface area contributed by atoms with E-state index < -0.39 is 5.41 Å². The molecule has 4 aromatic heterocycles. The number of furan rings is 2. The fourth-order valence-electron chi connectivity index (χ4n) is 12.3. The molecule has 0 amide bonds. The Morgan fingerprint density at radius 2 is 0.886 bits per heavy atom. The van der Waals surface area contributed by atoms with E-state index in [0.29, 0.717) is 17.6 Å². The Labute approximate surface area is 400 Å². The van der Waals surface area contributed by atoms with Crippen molar-refractivity contribution >= 4 is 65.7 Å². The molecule has 0 atom stereocenters. The lowest BCUT2D eigenvalue weighted by Crippen LogP contribution is -2.25. The van der Waals surface area contributed by atoms with E-state index in [1.54, 1.807) is 0 Å². The summed E-state index contributed by atoms with van der Waals surface area (Å²) in [5.74, 6) is 1.59. The number of hydrogen-bond acceptors (Lipinski definition) is 5. The van der Waals surface area contributed by atoms with Gasteiger partial charge < -0.3 is 8.83 Å². The third-order valence-corrected chi connectivity index (χ3v) is 15.1. The van der Waals surface area contributed by atoms with Crippen LogP contribution in [-0.2, 0) is 5.41 Å². The molecule has 0 N–H and O–H groups in total. The first kappa shape index (κ1) is 37.7. The van der Waals surface area contributed by atoms with Crippen molar-refractivity contribution in [1.82, 2.24) is 19.5 Å². The fourth-order valence-corrected chi connectivity index (χ4v) is 12.3. The van der Waals surface area contributed by atoms with Gasteiger partial charge in [0.05, 0.1) is 16.4 Å². The van der Waals surface area contributed by atoms with Crippen molar-refractivity contribution in [3.8, 4) is 62.1 Å². The number of benzene rings is 10. The molecule has 0 bridgehead atoms. The van der Waals surface area contributed by atoms with Crippen molar-refractivity contribution in [3.05, 3.63) is 241 Å². The van der Waals surface area contributed by atoms with Crippen molar-refractivity contribution in [2.75, 3.05) is 0 Å². The molecular weight excluding hydrogens is 857 g/mol. The summed E-state index contributed by atoms with van der Waals surface area (Å²) in [5, 5.41) is 6.47. The predicted molar refractivity (Wildman–Crippen MR) is 281 cm³/mol. The molecule has 0 saturated heterocycles. The van der Waals surface area contributed by atoms with E-state index in [1.807, 2.05) is 30.3 Å². The second-order valence-corrected chi connectivity index (χ2v) is 18.6. The highest BCUT2D eigenvalue weighted by Crippen LogP contribution is 2.64. The van der Waals surface area contributed by atoms with E-state index in [9.17, 15) is 0 Å². The summed E-state index contributed by atoms with van der Waals surface area (Å²) < 4.78 is 15.4. The second kappa shape index (κ2) is 13.8. The van der Waals surface area contributed by atoms with E-state index in [2.05, 4.69) is 193 Å². The van der Waals surface area contributed by atoms with Crippen molar-refractivity contribution in [2.24, 2.45) is 0 Å². The summed E-state index contributed by atoms with van der Waals surface area (Å²) in [7, 11) is 0. The maximum absolute atomic E-state index is 6.68. The second-order valence-electron chi connectivity index (χ2n) is 18.6. The van der Waals surface area contributed by atoms with E-state index in [0.717, 1.165) is 87.9 Å². The topological polar surface area (TPSA) is 69.9 Å². The molecule has 6 nitrogen and oxygen atoms in total. The Morgan fingerprint density at radius 1 is 0.343 bits per heavy atom.